The maximum absolute atomic E-state index is 11.5. The van der Waals surface area contributed by atoms with E-state index in [0.717, 1.165) is 11.1 Å². The first-order chi connectivity index (χ1) is 13.8. The fourth-order valence-electron chi connectivity index (χ4n) is 3.40. The van der Waals surface area contributed by atoms with E-state index in [1.54, 1.807) is 26.2 Å². The largest absolute Gasteiger partial charge is 0.461 e. The highest BCUT2D eigenvalue weighted by molar-refractivity contribution is 5.72. The minimum atomic E-state index is -0.850. The number of fused-ring (bicyclic) bond motifs is 1. The molecule has 2 heterocycles. The molecule has 29 heavy (non-hydrogen) atoms. The summed E-state index contributed by atoms with van der Waals surface area (Å²) in [4.78, 5) is 22.9. The molecule has 0 N–H and O–H groups in total. The Morgan fingerprint density at radius 1 is 1.10 bits per heavy atom. The van der Waals surface area contributed by atoms with Gasteiger partial charge in [-0.05, 0) is 37.6 Å². The zero-order valence-corrected chi connectivity index (χ0v) is 17.2. The molecule has 0 radical (unpaired) electrons. The number of hydrogen-bond donors (Lipinski definition) is 0. The first-order valence-corrected chi connectivity index (χ1v) is 9.45. The van der Waals surface area contributed by atoms with E-state index < -0.39 is 42.8 Å². The molecule has 5 atom stereocenters. The Morgan fingerprint density at radius 3 is 2.45 bits per heavy atom. The molecule has 1 aromatic rings. The fourth-order valence-corrected chi connectivity index (χ4v) is 3.40. The van der Waals surface area contributed by atoms with Crippen molar-refractivity contribution < 1.29 is 38.0 Å². The summed E-state index contributed by atoms with van der Waals surface area (Å²) in [6.07, 6.45) is -0.829. The Bertz CT molecular complexity index is 802. The maximum atomic E-state index is 11.5. The van der Waals surface area contributed by atoms with Crippen LogP contribution in [-0.2, 0) is 28.5 Å². The lowest BCUT2D eigenvalue weighted by Crippen LogP contribution is -2.51. The van der Waals surface area contributed by atoms with Gasteiger partial charge in [-0.25, -0.2) is 0 Å². The van der Waals surface area contributed by atoms with Gasteiger partial charge in [-0.2, -0.15) is 0 Å². The molecule has 1 fully saturated rings. The monoisotopic (exact) mass is 406 g/mol. The molecule has 8 heteroatoms. The number of methoxy groups -OCH3 is 1. The highest BCUT2D eigenvalue weighted by Crippen LogP contribution is 2.36. The van der Waals surface area contributed by atoms with E-state index in [1.807, 2.05) is 19.1 Å². The number of esters is 2. The lowest BCUT2D eigenvalue weighted by atomic mass is 10.0. The van der Waals surface area contributed by atoms with E-state index in [-0.39, 0.29) is 6.42 Å². The molecular weight excluding hydrogens is 380 g/mol. The number of ether oxygens (including phenoxy) is 6. The molecule has 158 valence electrons. The van der Waals surface area contributed by atoms with Crippen molar-refractivity contribution in [3.63, 3.8) is 0 Å². The number of rotatable bonds is 5. The predicted octanol–water partition coefficient (Wildman–Crippen LogP) is 2.83. The van der Waals surface area contributed by atoms with Crippen molar-refractivity contribution in [2.75, 3.05) is 7.11 Å². The van der Waals surface area contributed by atoms with Crippen molar-refractivity contribution in [3.8, 4) is 11.5 Å². The van der Waals surface area contributed by atoms with Crippen molar-refractivity contribution in [3.05, 3.63) is 29.8 Å². The van der Waals surface area contributed by atoms with Gasteiger partial charge in [0, 0.05) is 39.0 Å². The molecule has 3 rings (SSSR count). The molecule has 2 aliphatic rings. The SMILES string of the molecule is COC1C=C(C)c2ccc(O[C@@H]3O[C@@H](C)[C@@H](OC(C)=O)C[C@@H]3OC(C)=O)cc2O1. The second-order valence-corrected chi connectivity index (χ2v) is 7.09. The van der Waals surface area contributed by atoms with Crippen LogP contribution in [0.1, 0.15) is 39.7 Å². The second-order valence-electron chi connectivity index (χ2n) is 7.09. The molecule has 0 saturated carbocycles. The Hall–Kier alpha value is -2.58. The smallest absolute Gasteiger partial charge is 0.303 e. The molecule has 0 amide bonds. The summed E-state index contributed by atoms with van der Waals surface area (Å²) in [6, 6.07) is 5.43. The van der Waals surface area contributed by atoms with Gasteiger partial charge in [0.15, 0.2) is 6.10 Å². The van der Waals surface area contributed by atoms with Crippen molar-refractivity contribution in [2.24, 2.45) is 0 Å². The van der Waals surface area contributed by atoms with Gasteiger partial charge in [0.2, 0.25) is 12.6 Å². The van der Waals surface area contributed by atoms with Gasteiger partial charge < -0.3 is 28.4 Å². The van der Waals surface area contributed by atoms with E-state index in [0.29, 0.717) is 11.5 Å². The third-order valence-electron chi connectivity index (χ3n) is 4.77. The average Bonchev–Trinajstić information content (AvgIpc) is 2.64. The number of benzene rings is 1. The topological polar surface area (TPSA) is 89.5 Å². The number of hydrogen-bond acceptors (Lipinski definition) is 8. The summed E-state index contributed by atoms with van der Waals surface area (Å²) in [7, 11) is 1.57. The van der Waals surface area contributed by atoms with Crippen LogP contribution in [0, 0.1) is 0 Å². The van der Waals surface area contributed by atoms with Gasteiger partial charge in [0.1, 0.15) is 17.6 Å². The number of allylic oxidation sites excluding steroid dienone is 1. The zero-order valence-electron chi connectivity index (χ0n) is 17.2. The van der Waals surface area contributed by atoms with Crippen LogP contribution in [0.3, 0.4) is 0 Å². The van der Waals surface area contributed by atoms with Crippen LogP contribution in [0.2, 0.25) is 0 Å². The van der Waals surface area contributed by atoms with Crippen LogP contribution in [0.5, 0.6) is 11.5 Å². The third-order valence-corrected chi connectivity index (χ3v) is 4.77. The summed E-state index contributed by atoms with van der Waals surface area (Å²) in [6.45, 7) is 6.39. The number of carbonyl (C=O) groups is 2. The highest BCUT2D eigenvalue weighted by Gasteiger charge is 2.41. The predicted molar refractivity (Wildman–Crippen MR) is 102 cm³/mol. The van der Waals surface area contributed by atoms with Gasteiger partial charge in [-0.1, -0.05) is 0 Å². The Balaban J connectivity index is 1.78. The highest BCUT2D eigenvalue weighted by atomic mass is 16.7. The Morgan fingerprint density at radius 2 is 1.79 bits per heavy atom. The van der Waals surface area contributed by atoms with Crippen molar-refractivity contribution >= 4 is 17.5 Å². The normalized spacial score (nSPS) is 28.4. The van der Waals surface area contributed by atoms with Crippen LogP contribution in [0.15, 0.2) is 24.3 Å². The molecule has 0 aliphatic carbocycles. The molecule has 0 aromatic heterocycles. The van der Waals surface area contributed by atoms with Gasteiger partial charge in [0.05, 0.1) is 6.10 Å². The van der Waals surface area contributed by atoms with Gasteiger partial charge in [-0.15, -0.1) is 0 Å². The molecule has 0 spiro atoms. The Kier molecular flexibility index (Phi) is 6.44. The van der Waals surface area contributed by atoms with Crippen LogP contribution < -0.4 is 9.47 Å². The molecule has 1 aromatic carbocycles. The minimum absolute atomic E-state index is 0.278. The molecule has 8 nitrogen and oxygen atoms in total. The molecule has 1 unspecified atom stereocenters. The summed E-state index contributed by atoms with van der Waals surface area (Å²) in [5.41, 5.74) is 1.98. The quantitative estimate of drug-likeness (QED) is 0.690. The maximum Gasteiger partial charge on any atom is 0.303 e. The minimum Gasteiger partial charge on any atom is -0.461 e. The molecule has 2 aliphatic heterocycles. The van der Waals surface area contributed by atoms with Crippen LogP contribution in [0.4, 0.5) is 0 Å². The summed E-state index contributed by atoms with van der Waals surface area (Å²) < 4.78 is 33.5. The van der Waals surface area contributed by atoms with Crippen LogP contribution >= 0.6 is 0 Å². The van der Waals surface area contributed by atoms with Crippen LogP contribution in [0.25, 0.3) is 5.57 Å². The van der Waals surface area contributed by atoms with Gasteiger partial charge in [0.25, 0.3) is 0 Å². The second kappa shape index (κ2) is 8.84. The lowest BCUT2D eigenvalue weighted by Gasteiger charge is -2.38. The third kappa shape index (κ3) is 5.07. The van der Waals surface area contributed by atoms with Crippen LogP contribution in [-0.4, -0.2) is 49.9 Å². The van der Waals surface area contributed by atoms with Gasteiger partial charge in [-0.3, -0.25) is 9.59 Å². The first kappa shape index (κ1) is 21.1. The standard InChI is InChI=1S/C21H26O8/c1-11-8-20(24-5)29-18-9-15(6-7-16(11)18)28-21-19(27-14(4)23)10-17(12(2)25-21)26-13(3)22/h6-9,12,17,19-21H,10H2,1-5H3/t12-,17-,19-,20?,21-/m0/s1. The summed E-state index contributed by atoms with van der Waals surface area (Å²) in [5, 5.41) is 0. The number of carbonyl (C=O) groups excluding carboxylic acids is 2. The van der Waals surface area contributed by atoms with Crippen molar-refractivity contribution in [1.82, 2.24) is 0 Å². The first-order valence-electron chi connectivity index (χ1n) is 9.45. The van der Waals surface area contributed by atoms with E-state index in [1.165, 1.54) is 13.8 Å². The zero-order chi connectivity index (χ0) is 21.1. The molecule has 1 saturated heterocycles. The Labute approximate surface area is 169 Å². The summed E-state index contributed by atoms with van der Waals surface area (Å²) >= 11 is 0. The van der Waals surface area contributed by atoms with Gasteiger partial charge >= 0.3 is 11.9 Å². The summed E-state index contributed by atoms with van der Waals surface area (Å²) in [5.74, 6) is 0.226. The molecule has 0 bridgehead atoms. The lowest BCUT2D eigenvalue weighted by molar-refractivity contribution is -0.242. The van der Waals surface area contributed by atoms with Crippen molar-refractivity contribution in [1.29, 1.82) is 0 Å². The van der Waals surface area contributed by atoms with E-state index in [2.05, 4.69) is 0 Å². The fraction of sp³-hybridized carbons (Fsp3) is 0.524. The molecular formula is C21H26O8. The van der Waals surface area contributed by atoms with Crippen molar-refractivity contribution in [2.45, 2.75) is 65.0 Å². The van der Waals surface area contributed by atoms with E-state index >= 15 is 0 Å². The van der Waals surface area contributed by atoms with E-state index in [9.17, 15) is 9.59 Å². The average molecular weight is 406 g/mol. The van der Waals surface area contributed by atoms with E-state index in [4.69, 9.17) is 28.4 Å².